The van der Waals surface area contributed by atoms with Gasteiger partial charge < -0.3 is 11.1 Å². The van der Waals surface area contributed by atoms with Crippen LogP contribution in [0.4, 0.5) is 5.69 Å². The van der Waals surface area contributed by atoms with Crippen molar-refractivity contribution in [2.75, 3.05) is 5.32 Å². The zero-order valence-electron chi connectivity index (χ0n) is 14.2. The van der Waals surface area contributed by atoms with Gasteiger partial charge >= 0.3 is 0 Å². The van der Waals surface area contributed by atoms with E-state index in [1.54, 1.807) is 12.4 Å². The van der Waals surface area contributed by atoms with Gasteiger partial charge in [0, 0.05) is 18.1 Å². The Morgan fingerprint density at radius 2 is 1.54 bits per heavy atom. The Morgan fingerprint density at radius 3 is 2.04 bits per heavy atom. The van der Waals surface area contributed by atoms with Gasteiger partial charge in [-0.3, -0.25) is 9.78 Å². The molecule has 2 aromatic rings. The lowest BCUT2D eigenvalue weighted by Crippen LogP contribution is -2.45. The molecule has 132 valence electrons. The van der Waals surface area contributed by atoms with Gasteiger partial charge in [0.15, 0.2) is 0 Å². The first kappa shape index (κ1) is 22.4. The summed E-state index contributed by atoms with van der Waals surface area (Å²) in [6.45, 7) is 5.86. The minimum atomic E-state index is -0.538. The average molecular weight is 370 g/mol. The fraction of sp³-hybridized carbons (Fsp3) is 0.333. The van der Waals surface area contributed by atoms with Crippen molar-refractivity contribution >= 4 is 36.4 Å². The zero-order valence-corrected chi connectivity index (χ0v) is 15.8. The molecule has 3 N–H and O–H groups in total. The molecule has 0 bridgehead atoms. The summed E-state index contributed by atoms with van der Waals surface area (Å²) in [5.41, 5.74) is 8.86. The van der Waals surface area contributed by atoms with Crippen LogP contribution in [0.5, 0.6) is 0 Å². The number of carbonyl (C=O) groups is 1. The molecule has 0 spiro atoms. The average Bonchev–Trinajstić information content (AvgIpc) is 2.48. The lowest BCUT2D eigenvalue weighted by atomic mass is 9.87. The maximum Gasteiger partial charge on any atom is 0.241 e. The Morgan fingerprint density at radius 1 is 1.04 bits per heavy atom. The minimum absolute atomic E-state index is 0. The van der Waals surface area contributed by atoms with E-state index in [2.05, 4.69) is 10.3 Å². The second-order valence-electron chi connectivity index (χ2n) is 6.56. The highest BCUT2D eigenvalue weighted by Crippen LogP contribution is 2.19. The van der Waals surface area contributed by atoms with Gasteiger partial charge in [0.2, 0.25) is 5.91 Å². The van der Waals surface area contributed by atoms with Crippen molar-refractivity contribution < 1.29 is 4.79 Å². The topological polar surface area (TPSA) is 68.0 Å². The molecule has 1 amide bonds. The van der Waals surface area contributed by atoms with Gasteiger partial charge in [-0.05, 0) is 47.2 Å². The summed E-state index contributed by atoms with van der Waals surface area (Å²) in [6, 6.07) is 11.3. The van der Waals surface area contributed by atoms with Gasteiger partial charge in [-0.1, -0.05) is 32.9 Å². The molecule has 0 saturated carbocycles. The number of halogens is 2. The molecule has 1 atom stereocenters. The number of benzene rings is 1. The van der Waals surface area contributed by atoms with E-state index in [4.69, 9.17) is 5.73 Å². The Hall–Kier alpha value is -1.62. The number of amides is 1. The molecule has 0 radical (unpaired) electrons. The second kappa shape index (κ2) is 9.62. The molecule has 0 aliphatic rings. The first-order valence-corrected chi connectivity index (χ1v) is 7.40. The maximum atomic E-state index is 12.1. The van der Waals surface area contributed by atoms with Crippen molar-refractivity contribution in [3.63, 3.8) is 0 Å². The molecule has 0 aliphatic carbocycles. The first-order chi connectivity index (χ1) is 10.4. The van der Waals surface area contributed by atoms with E-state index in [1.165, 1.54) is 11.1 Å². The van der Waals surface area contributed by atoms with Crippen molar-refractivity contribution in [3.8, 4) is 0 Å². The van der Waals surface area contributed by atoms with Crippen LogP contribution in [-0.2, 0) is 11.2 Å². The fourth-order valence-corrected chi connectivity index (χ4v) is 2.06. The third-order valence-electron chi connectivity index (χ3n) is 3.59. The zero-order chi connectivity index (χ0) is 16.2. The number of anilines is 1. The molecule has 6 heteroatoms. The smallest absolute Gasteiger partial charge is 0.241 e. The first-order valence-electron chi connectivity index (χ1n) is 7.40. The van der Waals surface area contributed by atoms with Crippen molar-refractivity contribution in [1.29, 1.82) is 0 Å². The van der Waals surface area contributed by atoms with Crippen LogP contribution < -0.4 is 11.1 Å². The number of carbonyl (C=O) groups excluding carboxylic acids is 1. The molecule has 0 unspecified atom stereocenters. The van der Waals surface area contributed by atoms with E-state index in [9.17, 15) is 4.79 Å². The quantitative estimate of drug-likeness (QED) is 0.860. The van der Waals surface area contributed by atoms with Crippen LogP contribution in [0.15, 0.2) is 48.8 Å². The standard InChI is InChI=1S/C18H23N3O.2ClH/c1-18(2,3)16(19)17(22)21-15-6-4-13(5-7-15)12-14-8-10-20-11-9-14;;/h4-11,16H,12,19H2,1-3H3,(H,21,22);2*1H/t16-;;/m1../s1. The number of hydrogen-bond donors (Lipinski definition) is 2. The van der Waals surface area contributed by atoms with Crippen LogP contribution in [0, 0.1) is 5.41 Å². The molecule has 2 rings (SSSR count). The van der Waals surface area contributed by atoms with E-state index in [1.807, 2.05) is 57.2 Å². The van der Waals surface area contributed by atoms with Gasteiger partial charge in [-0.15, -0.1) is 24.8 Å². The summed E-state index contributed by atoms with van der Waals surface area (Å²) in [6.07, 6.45) is 4.42. The van der Waals surface area contributed by atoms with Crippen LogP contribution >= 0.6 is 24.8 Å². The molecule has 0 saturated heterocycles. The molecule has 1 heterocycles. The molecule has 24 heavy (non-hydrogen) atoms. The molecule has 1 aromatic carbocycles. The van der Waals surface area contributed by atoms with Crippen LogP contribution in [0.3, 0.4) is 0 Å². The monoisotopic (exact) mass is 369 g/mol. The third kappa shape index (κ3) is 6.48. The summed E-state index contributed by atoms with van der Waals surface area (Å²) >= 11 is 0. The van der Waals surface area contributed by atoms with Crippen molar-refractivity contribution in [2.45, 2.75) is 33.2 Å². The Labute approximate surface area is 156 Å². The van der Waals surface area contributed by atoms with Crippen molar-refractivity contribution in [2.24, 2.45) is 11.1 Å². The predicted octanol–water partition coefficient (Wildman–Crippen LogP) is 3.83. The molecular formula is C18H25Cl2N3O. The number of aromatic nitrogens is 1. The molecular weight excluding hydrogens is 345 g/mol. The van der Waals surface area contributed by atoms with Gasteiger partial charge in [0.05, 0.1) is 6.04 Å². The van der Waals surface area contributed by atoms with E-state index >= 15 is 0 Å². The third-order valence-corrected chi connectivity index (χ3v) is 3.59. The number of nitrogens with two attached hydrogens (primary N) is 1. The van der Waals surface area contributed by atoms with Crippen LogP contribution in [-0.4, -0.2) is 16.9 Å². The van der Waals surface area contributed by atoms with E-state index in [-0.39, 0.29) is 36.1 Å². The van der Waals surface area contributed by atoms with Gasteiger partial charge in [0.25, 0.3) is 0 Å². The van der Waals surface area contributed by atoms with E-state index < -0.39 is 6.04 Å². The Balaban J connectivity index is 0.00000264. The highest BCUT2D eigenvalue weighted by Gasteiger charge is 2.27. The van der Waals surface area contributed by atoms with Gasteiger partial charge in [0.1, 0.15) is 0 Å². The maximum absolute atomic E-state index is 12.1. The summed E-state index contributed by atoms with van der Waals surface area (Å²) in [5, 5.41) is 2.87. The number of pyridine rings is 1. The summed E-state index contributed by atoms with van der Waals surface area (Å²) in [5.74, 6) is -0.158. The summed E-state index contributed by atoms with van der Waals surface area (Å²) in [4.78, 5) is 16.1. The molecule has 4 nitrogen and oxygen atoms in total. The van der Waals surface area contributed by atoms with Crippen LogP contribution in [0.1, 0.15) is 31.9 Å². The number of rotatable bonds is 4. The lowest BCUT2D eigenvalue weighted by Gasteiger charge is -2.25. The van der Waals surface area contributed by atoms with E-state index in [0.717, 1.165) is 12.1 Å². The number of nitrogens with one attached hydrogen (secondary N) is 1. The van der Waals surface area contributed by atoms with Crippen molar-refractivity contribution in [1.82, 2.24) is 4.98 Å². The Kier molecular flexibility index (Phi) is 8.97. The lowest BCUT2D eigenvalue weighted by molar-refractivity contribution is -0.119. The number of nitrogens with zero attached hydrogens (tertiary/aromatic N) is 1. The SMILES string of the molecule is CC(C)(C)[C@H](N)C(=O)Nc1ccc(Cc2ccncc2)cc1.Cl.Cl. The van der Waals surface area contributed by atoms with E-state index in [0.29, 0.717) is 0 Å². The van der Waals surface area contributed by atoms with Crippen LogP contribution in [0.25, 0.3) is 0 Å². The number of hydrogen-bond acceptors (Lipinski definition) is 3. The predicted molar refractivity (Wildman–Crippen MR) is 104 cm³/mol. The van der Waals surface area contributed by atoms with Crippen molar-refractivity contribution in [3.05, 3.63) is 59.9 Å². The van der Waals surface area contributed by atoms with Gasteiger partial charge in [-0.25, -0.2) is 0 Å². The van der Waals surface area contributed by atoms with Crippen LogP contribution in [0.2, 0.25) is 0 Å². The van der Waals surface area contributed by atoms with Gasteiger partial charge in [-0.2, -0.15) is 0 Å². The summed E-state index contributed by atoms with van der Waals surface area (Å²) < 4.78 is 0. The minimum Gasteiger partial charge on any atom is -0.325 e. The largest absolute Gasteiger partial charge is 0.325 e. The molecule has 1 aromatic heterocycles. The fourth-order valence-electron chi connectivity index (χ4n) is 2.06. The Bertz CT molecular complexity index is 625. The molecule has 0 aliphatic heterocycles. The normalized spacial score (nSPS) is 11.7. The highest BCUT2D eigenvalue weighted by molar-refractivity contribution is 5.95. The summed E-state index contributed by atoms with van der Waals surface area (Å²) in [7, 11) is 0. The molecule has 0 fully saturated rings. The highest BCUT2D eigenvalue weighted by atomic mass is 35.5. The second-order valence-corrected chi connectivity index (χ2v) is 6.56.